The zero-order valence-electron chi connectivity index (χ0n) is 9.91. The van der Waals surface area contributed by atoms with Crippen LogP contribution < -0.4 is 0 Å². The number of nitrogens with zero attached hydrogens (tertiary/aromatic N) is 2. The van der Waals surface area contributed by atoms with Crippen molar-refractivity contribution in [1.29, 1.82) is 0 Å². The Bertz CT molecular complexity index is 431. The second-order valence-electron chi connectivity index (χ2n) is 4.23. The molecule has 0 spiro atoms. The van der Waals surface area contributed by atoms with E-state index in [0.29, 0.717) is 0 Å². The summed E-state index contributed by atoms with van der Waals surface area (Å²) in [4.78, 5) is 20.2. The lowest BCUT2D eigenvalue weighted by molar-refractivity contribution is -0.116. The predicted molar refractivity (Wildman–Crippen MR) is 64.8 cm³/mol. The van der Waals surface area contributed by atoms with Crippen LogP contribution in [0.5, 0.6) is 0 Å². The Balaban J connectivity index is 2.30. The number of ketones is 1. The maximum absolute atomic E-state index is 11.3. The van der Waals surface area contributed by atoms with Crippen molar-refractivity contribution in [2.75, 3.05) is 0 Å². The number of Topliss-reactive ketones (excluding diaryl/α,β-unsaturated/α-hetero) is 1. The summed E-state index contributed by atoms with van der Waals surface area (Å²) in [5, 5.41) is 1.00. The molecular formula is C12H16N2OS. The van der Waals surface area contributed by atoms with Gasteiger partial charge in [0.05, 0.1) is 5.25 Å². The average molecular weight is 236 g/mol. The van der Waals surface area contributed by atoms with Crippen LogP contribution in [-0.2, 0) is 17.6 Å². The summed E-state index contributed by atoms with van der Waals surface area (Å²) in [6.07, 6.45) is 3.28. The van der Waals surface area contributed by atoms with E-state index in [-0.39, 0.29) is 11.0 Å². The lowest BCUT2D eigenvalue weighted by Gasteiger charge is -2.11. The summed E-state index contributed by atoms with van der Waals surface area (Å²) in [5.41, 5.74) is 2.45. The fourth-order valence-corrected chi connectivity index (χ4v) is 2.91. The maximum atomic E-state index is 11.3. The van der Waals surface area contributed by atoms with Crippen LogP contribution >= 0.6 is 11.8 Å². The van der Waals surface area contributed by atoms with Crippen molar-refractivity contribution in [2.45, 2.75) is 50.3 Å². The van der Waals surface area contributed by atoms with Gasteiger partial charge in [0.25, 0.3) is 0 Å². The van der Waals surface area contributed by atoms with Crippen LogP contribution in [-0.4, -0.2) is 21.0 Å². The van der Waals surface area contributed by atoms with Crippen LogP contribution in [0.3, 0.4) is 0 Å². The van der Waals surface area contributed by atoms with Gasteiger partial charge in [0.1, 0.15) is 16.6 Å². The molecule has 0 fully saturated rings. The minimum Gasteiger partial charge on any atom is -0.299 e. The maximum Gasteiger partial charge on any atom is 0.142 e. The lowest BCUT2D eigenvalue weighted by Crippen LogP contribution is -2.10. The largest absolute Gasteiger partial charge is 0.299 e. The van der Waals surface area contributed by atoms with Gasteiger partial charge in [-0.25, -0.2) is 9.97 Å². The standard InChI is InChI=1S/C12H16N2OS/c1-7(15)8(2)16-12-10-5-4-6-11(10)13-9(3)14-12/h8H,4-6H2,1-3H3/t8-/m0/s1. The average Bonchev–Trinajstić information content (AvgIpc) is 2.65. The van der Waals surface area contributed by atoms with Crippen LogP contribution in [0.1, 0.15) is 37.4 Å². The van der Waals surface area contributed by atoms with Crippen molar-refractivity contribution in [3.8, 4) is 0 Å². The van der Waals surface area contributed by atoms with Crippen molar-refractivity contribution in [3.05, 3.63) is 17.1 Å². The molecule has 0 aromatic carbocycles. The number of rotatable bonds is 3. The molecular weight excluding hydrogens is 220 g/mol. The molecule has 0 bridgehead atoms. The Morgan fingerprint density at radius 3 is 2.81 bits per heavy atom. The number of aryl methyl sites for hydroxylation is 2. The van der Waals surface area contributed by atoms with E-state index in [1.165, 1.54) is 11.3 Å². The van der Waals surface area contributed by atoms with Crippen LogP contribution in [0.2, 0.25) is 0 Å². The van der Waals surface area contributed by atoms with E-state index < -0.39 is 0 Å². The summed E-state index contributed by atoms with van der Waals surface area (Å²) in [6.45, 7) is 5.48. The van der Waals surface area contributed by atoms with Gasteiger partial charge in [-0.1, -0.05) is 11.8 Å². The van der Waals surface area contributed by atoms with Gasteiger partial charge in [0.2, 0.25) is 0 Å². The summed E-state index contributed by atoms with van der Waals surface area (Å²) in [5.74, 6) is 1.02. The number of hydrogen-bond acceptors (Lipinski definition) is 4. The number of hydrogen-bond donors (Lipinski definition) is 0. The summed E-state index contributed by atoms with van der Waals surface area (Å²) in [6, 6.07) is 0. The van der Waals surface area contributed by atoms with Crippen LogP contribution in [0.4, 0.5) is 0 Å². The molecule has 1 heterocycles. The number of fused-ring (bicyclic) bond motifs is 1. The van der Waals surface area contributed by atoms with E-state index in [4.69, 9.17) is 0 Å². The number of aromatic nitrogens is 2. The Hall–Kier alpha value is -0.900. The zero-order chi connectivity index (χ0) is 11.7. The third-order valence-corrected chi connectivity index (χ3v) is 4.11. The molecule has 0 saturated heterocycles. The van der Waals surface area contributed by atoms with E-state index in [2.05, 4.69) is 9.97 Å². The fourth-order valence-electron chi connectivity index (χ4n) is 1.86. The highest BCUT2D eigenvalue weighted by atomic mass is 32.2. The fraction of sp³-hybridized carbons (Fsp3) is 0.583. The Morgan fingerprint density at radius 2 is 2.12 bits per heavy atom. The first-order valence-electron chi connectivity index (χ1n) is 5.61. The molecule has 2 rings (SSSR count). The van der Waals surface area contributed by atoms with Crippen LogP contribution in [0.25, 0.3) is 0 Å². The van der Waals surface area contributed by atoms with Gasteiger partial charge in [-0.05, 0) is 40.0 Å². The number of carbonyl (C=O) groups excluding carboxylic acids is 1. The van der Waals surface area contributed by atoms with Gasteiger partial charge in [-0.15, -0.1) is 0 Å². The van der Waals surface area contributed by atoms with Gasteiger partial charge in [-0.3, -0.25) is 4.79 Å². The van der Waals surface area contributed by atoms with E-state index in [9.17, 15) is 4.79 Å². The normalized spacial score (nSPS) is 15.9. The van der Waals surface area contributed by atoms with Gasteiger partial charge in [0.15, 0.2) is 0 Å². The molecule has 1 aliphatic carbocycles. The Labute approximate surface area is 100 Å². The molecule has 0 N–H and O–H groups in total. The van der Waals surface area contributed by atoms with E-state index >= 15 is 0 Å². The monoisotopic (exact) mass is 236 g/mol. The van der Waals surface area contributed by atoms with Crippen molar-refractivity contribution in [2.24, 2.45) is 0 Å². The second kappa shape index (κ2) is 4.53. The smallest absolute Gasteiger partial charge is 0.142 e. The zero-order valence-corrected chi connectivity index (χ0v) is 10.7. The third-order valence-electron chi connectivity index (χ3n) is 2.87. The quantitative estimate of drug-likeness (QED) is 0.597. The second-order valence-corrected chi connectivity index (χ2v) is 5.56. The van der Waals surface area contributed by atoms with Crippen molar-refractivity contribution in [3.63, 3.8) is 0 Å². The first kappa shape index (κ1) is 11.6. The minimum absolute atomic E-state index is 0.0148. The Morgan fingerprint density at radius 1 is 1.38 bits per heavy atom. The predicted octanol–water partition coefficient (Wildman–Crippen LogP) is 2.34. The number of carbonyl (C=O) groups is 1. The minimum atomic E-state index is -0.0148. The van der Waals surface area contributed by atoms with Crippen LogP contribution in [0, 0.1) is 6.92 Å². The van der Waals surface area contributed by atoms with Crippen molar-refractivity contribution >= 4 is 17.5 Å². The molecule has 16 heavy (non-hydrogen) atoms. The number of thioether (sulfide) groups is 1. The lowest BCUT2D eigenvalue weighted by atomic mass is 10.3. The molecule has 86 valence electrons. The molecule has 4 heteroatoms. The van der Waals surface area contributed by atoms with Gasteiger partial charge < -0.3 is 0 Å². The molecule has 3 nitrogen and oxygen atoms in total. The topological polar surface area (TPSA) is 42.9 Å². The summed E-state index contributed by atoms with van der Waals surface area (Å²) >= 11 is 1.57. The molecule has 1 aliphatic rings. The first-order chi connectivity index (χ1) is 7.58. The highest BCUT2D eigenvalue weighted by Gasteiger charge is 2.21. The first-order valence-corrected chi connectivity index (χ1v) is 6.49. The van der Waals surface area contributed by atoms with Gasteiger partial charge in [-0.2, -0.15) is 0 Å². The highest BCUT2D eigenvalue weighted by molar-refractivity contribution is 8.00. The highest BCUT2D eigenvalue weighted by Crippen LogP contribution is 2.31. The molecule has 0 amide bonds. The van der Waals surface area contributed by atoms with Crippen molar-refractivity contribution < 1.29 is 4.79 Å². The Kier molecular flexibility index (Phi) is 3.28. The van der Waals surface area contributed by atoms with Crippen molar-refractivity contribution in [1.82, 2.24) is 9.97 Å². The van der Waals surface area contributed by atoms with E-state index in [0.717, 1.165) is 30.1 Å². The van der Waals surface area contributed by atoms with Gasteiger partial charge >= 0.3 is 0 Å². The molecule has 0 aliphatic heterocycles. The molecule has 1 aromatic heterocycles. The SMILES string of the molecule is CC(=O)[C@H](C)Sc1nc(C)nc2c1CCC2. The van der Waals surface area contributed by atoms with E-state index in [1.54, 1.807) is 18.7 Å². The van der Waals surface area contributed by atoms with E-state index in [1.807, 2.05) is 13.8 Å². The molecule has 0 unspecified atom stereocenters. The summed E-state index contributed by atoms with van der Waals surface area (Å²) < 4.78 is 0. The summed E-state index contributed by atoms with van der Waals surface area (Å²) in [7, 11) is 0. The molecule has 1 aromatic rings. The molecule has 0 radical (unpaired) electrons. The van der Waals surface area contributed by atoms with Gasteiger partial charge in [0, 0.05) is 11.3 Å². The third kappa shape index (κ3) is 2.26. The molecule has 0 saturated carbocycles. The van der Waals surface area contributed by atoms with Crippen LogP contribution in [0.15, 0.2) is 5.03 Å². The molecule has 1 atom stereocenters.